The minimum Gasteiger partial charge on any atom is -0.371 e. The van der Waals surface area contributed by atoms with Crippen LogP contribution < -0.4 is 10.8 Å². The molecule has 0 aromatic rings. The summed E-state index contributed by atoms with van der Waals surface area (Å²) in [5.41, 5.74) is 0. The normalized spacial score (nSPS) is 12.0. The van der Waals surface area contributed by atoms with Crippen LogP contribution >= 0.6 is 0 Å². The van der Waals surface area contributed by atoms with Crippen LogP contribution in [0.5, 0.6) is 0 Å². The molecule has 0 spiro atoms. The zero-order chi connectivity index (χ0) is 20.1. The zero-order valence-electron chi connectivity index (χ0n) is 18.6. The van der Waals surface area contributed by atoms with Crippen LogP contribution in [0.15, 0.2) is 0 Å². The van der Waals surface area contributed by atoms with E-state index in [1.54, 1.807) is 0 Å². The standard InChI is InChI=1S/C22H50N2O2Si/c1-3-5-7-8-9-10-11-12-13-14-15-16-17-18-19-20-22-26-27(23,24)25-21-6-4-2/h3-24H2,1-2H3. The summed E-state index contributed by atoms with van der Waals surface area (Å²) in [6.45, 7) is 5.67. The van der Waals surface area contributed by atoms with Gasteiger partial charge in [-0.25, -0.2) is 0 Å². The second kappa shape index (κ2) is 20.8. The van der Waals surface area contributed by atoms with E-state index in [9.17, 15) is 0 Å². The molecule has 0 aliphatic carbocycles. The summed E-state index contributed by atoms with van der Waals surface area (Å²) >= 11 is 0. The first-order valence-electron chi connectivity index (χ1n) is 12.0. The fourth-order valence-electron chi connectivity index (χ4n) is 3.30. The maximum Gasteiger partial charge on any atom is 0.511 e. The van der Waals surface area contributed by atoms with E-state index in [0.717, 1.165) is 19.3 Å². The van der Waals surface area contributed by atoms with Gasteiger partial charge in [-0.2, -0.15) is 0 Å². The quantitative estimate of drug-likeness (QED) is 0.161. The van der Waals surface area contributed by atoms with Gasteiger partial charge < -0.3 is 8.85 Å². The molecule has 0 heterocycles. The van der Waals surface area contributed by atoms with Crippen molar-refractivity contribution in [2.75, 3.05) is 13.2 Å². The van der Waals surface area contributed by atoms with Gasteiger partial charge in [0.1, 0.15) is 0 Å². The Hall–Kier alpha value is 0.0569. The Morgan fingerprint density at radius 3 is 1.11 bits per heavy atom. The monoisotopic (exact) mass is 402 g/mol. The van der Waals surface area contributed by atoms with Gasteiger partial charge in [0.15, 0.2) is 0 Å². The molecule has 4 N–H and O–H groups in total. The molecule has 0 saturated heterocycles. The SMILES string of the molecule is CCCCCCCCCCCCCCCCCCO[Si](N)(N)OCCCC. The van der Waals surface area contributed by atoms with E-state index in [1.165, 1.54) is 96.3 Å². The Morgan fingerprint density at radius 2 is 0.741 bits per heavy atom. The van der Waals surface area contributed by atoms with Gasteiger partial charge in [0.2, 0.25) is 0 Å². The van der Waals surface area contributed by atoms with Crippen LogP contribution in [0.4, 0.5) is 0 Å². The van der Waals surface area contributed by atoms with Crippen LogP contribution in [-0.4, -0.2) is 22.1 Å². The van der Waals surface area contributed by atoms with Crippen molar-refractivity contribution in [1.29, 1.82) is 0 Å². The van der Waals surface area contributed by atoms with Gasteiger partial charge in [0.05, 0.1) is 0 Å². The van der Waals surface area contributed by atoms with Gasteiger partial charge in [-0.3, -0.25) is 10.8 Å². The zero-order valence-corrected chi connectivity index (χ0v) is 19.6. The van der Waals surface area contributed by atoms with E-state index >= 15 is 0 Å². The van der Waals surface area contributed by atoms with Crippen LogP contribution in [0, 0.1) is 0 Å². The van der Waals surface area contributed by atoms with Crippen molar-refractivity contribution in [3.05, 3.63) is 0 Å². The summed E-state index contributed by atoms with van der Waals surface area (Å²) in [5.74, 6) is 0. The highest BCUT2D eigenvalue weighted by Crippen LogP contribution is 2.13. The summed E-state index contributed by atoms with van der Waals surface area (Å²) in [6, 6.07) is 0. The lowest BCUT2D eigenvalue weighted by atomic mass is 10.0. The minimum absolute atomic E-state index is 0.620. The lowest BCUT2D eigenvalue weighted by Crippen LogP contribution is -2.61. The lowest BCUT2D eigenvalue weighted by molar-refractivity contribution is 0.164. The van der Waals surface area contributed by atoms with Crippen LogP contribution in [0.2, 0.25) is 0 Å². The molecule has 5 heteroatoms. The van der Waals surface area contributed by atoms with Crippen molar-refractivity contribution in [2.45, 2.75) is 129 Å². The van der Waals surface area contributed by atoms with Crippen molar-refractivity contribution >= 4 is 8.88 Å². The van der Waals surface area contributed by atoms with Gasteiger partial charge in [-0.05, 0) is 12.8 Å². The molecule has 0 aliphatic rings. The molecule has 0 amide bonds. The number of hydrogen-bond acceptors (Lipinski definition) is 4. The van der Waals surface area contributed by atoms with E-state index in [-0.39, 0.29) is 0 Å². The third-order valence-corrected chi connectivity index (χ3v) is 6.46. The Morgan fingerprint density at radius 1 is 0.444 bits per heavy atom. The van der Waals surface area contributed by atoms with Crippen LogP contribution in [0.3, 0.4) is 0 Å². The molecular formula is C22H50N2O2Si. The molecule has 0 unspecified atom stereocenters. The number of unbranched alkanes of at least 4 members (excludes halogenated alkanes) is 16. The predicted octanol–water partition coefficient (Wildman–Crippen LogP) is 6.43. The summed E-state index contributed by atoms with van der Waals surface area (Å²) in [4.78, 5) is 0. The molecule has 0 aromatic heterocycles. The van der Waals surface area contributed by atoms with E-state index in [1.807, 2.05) is 0 Å². The maximum absolute atomic E-state index is 5.90. The third kappa shape index (κ3) is 22.2. The topological polar surface area (TPSA) is 70.5 Å². The van der Waals surface area contributed by atoms with Gasteiger partial charge in [-0.1, -0.05) is 117 Å². The Balaban J connectivity index is 3.16. The molecule has 0 atom stereocenters. The number of rotatable bonds is 22. The van der Waals surface area contributed by atoms with Gasteiger partial charge in [0.25, 0.3) is 0 Å². The van der Waals surface area contributed by atoms with Crippen molar-refractivity contribution < 1.29 is 8.85 Å². The lowest BCUT2D eigenvalue weighted by Gasteiger charge is -2.20. The van der Waals surface area contributed by atoms with Crippen LogP contribution in [0.1, 0.15) is 129 Å². The first-order chi connectivity index (χ1) is 13.1. The molecule has 27 heavy (non-hydrogen) atoms. The molecule has 0 bridgehead atoms. The van der Waals surface area contributed by atoms with E-state index in [4.69, 9.17) is 19.7 Å². The van der Waals surface area contributed by atoms with Gasteiger partial charge >= 0.3 is 8.88 Å². The first kappa shape index (κ1) is 27.1. The molecule has 0 saturated carbocycles. The Kier molecular flexibility index (Phi) is 20.8. The second-order valence-corrected chi connectivity index (χ2v) is 10.1. The van der Waals surface area contributed by atoms with Crippen LogP contribution in [0.25, 0.3) is 0 Å². The molecule has 0 fully saturated rings. The van der Waals surface area contributed by atoms with Crippen molar-refractivity contribution in [1.82, 2.24) is 0 Å². The van der Waals surface area contributed by atoms with E-state index in [2.05, 4.69) is 13.8 Å². The van der Waals surface area contributed by atoms with Gasteiger partial charge in [-0.15, -0.1) is 0 Å². The highest BCUT2D eigenvalue weighted by Gasteiger charge is 2.28. The second-order valence-electron chi connectivity index (χ2n) is 8.08. The molecule has 0 aliphatic heterocycles. The maximum atomic E-state index is 5.90. The van der Waals surface area contributed by atoms with Crippen LogP contribution in [-0.2, 0) is 8.85 Å². The molecular weight excluding hydrogens is 352 g/mol. The average molecular weight is 403 g/mol. The summed E-state index contributed by atoms with van der Waals surface area (Å²) < 4.78 is 11.0. The Labute approximate surface area is 171 Å². The first-order valence-corrected chi connectivity index (χ1v) is 13.9. The summed E-state index contributed by atoms with van der Waals surface area (Å²) in [5, 5.41) is 11.8. The molecule has 0 radical (unpaired) electrons. The van der Waals surface area contributed by atoms with Crippen molar-refractivity contribution in [2.24, 2.45) is 10.8 Å². The largest absolute Gasteiger partial charge is 0.511 e. The Bertz CT molecular complexity index is 291. The highest BCUT2D eigenvalue weighted by molar-refractivity contribution is 6.60. The number of hydrogen-bond donors (Lipinski definition) is 2. The average Bonchev–Trinajstić information content (AvgIpc) is 2.64. The van der Waals surface area contributed by atoms with E-state index in [0.29, 0.717) is 13.2 Å². The summed E-state index contributed by atoms with van der Waals surface area (Å²) in [7, 11) is -2.85. The summed E-state index contributed by atoms with van der Waals surface area (Å²) in [6.07, 6.45) is 24.0. The fourth-order valence-corrected chi connectivity index (χ4v) is 4.31. The highest BCUT2D eigenvalue weighted by atomic mass is 28.4. The molecule has 0 aromatic carbocycles. The van der Waals surface area contributed by atoms with Gasteiger partial charge in [0, 0.05) is 13.2 Å². The van der Waals surface area contributed by atoms with E-state index < -0.39 is 8.88 Å². The van der Waals surface area contributed by atoms with Crippen molar-refractivity contribution in [3.63, 3.8) is 0 Å². The minimum atomic E-state index is -2.85. The fraction of sp³-hybridized carbons (Fsp3) is 1.00. The number of nitrogens with two attached hydrogens (primary N) is 2. The molecule has 0 rings (SSSR count). The van der Waals surface area contributed by atoms with Crippen molar-refractivity contribution in [3.8, 4) is 0 Å². The predicted molar refractivity (Wildman–Crippen MR) is 120 cm³/mol. The third-order valence-electron chi connectivity index (χ3n) is 5.15. The smallest absolute Gasteiger partial charge is 0.371 e. The molecule has 4 nitrogen and oxygen atoms in total. The molecule has 164 valence electrons.